The van der Waals surface area contributed by atoms with Crippen molar-refractivity contribution in [1.29, 1.82) is 5.26 Å². The van der Waals surface area contributed by atoms with E-state index in [1.54, 1.807) is 6.07 Å². The third kappa shape index (κ3) is 2.51. The number of nitrogens with zero attached hydrogens (tertiary/aromatic N) is 2. The zero-order chi connectivity index (χ0) is 14.1. The van der Waals surface area contributed by atoms with Crippen LogP contribution in [0.15, 0.2) is 33.6 Å². The lowest BCUT2D eigenvalue weighted by Gasteiger charge is -2.09. The minimum atomic E-state index is -0.203. The Morgan fingerprint density at radius 2 is 2.30 bits per heavy atom. The zero-order valence-corrected chi connectivity index (χ0v) is 12.7. The summed E-state index contributed by atoms with van der Waals surface area (Å²) in [6.45, 7) is 0.467. The lowest BCUT2D eigenvalue weighted by molar-refractivity contribution is -0.137. The number of aromatic nitrogens is 1. The number of ether oxygens (including phenoxy) is 1. The Morgan fingerprint density at radius 1 is 1.45 bits per heavy atom. The fourth-order valence-electron chi connectivity index (χ4n) is 2.06. The maximum atomic E-state index is 11.6. The number of carbonyl (C=O) groups excluding carboxylic acids is 1. The SMILES string of the molecule is N#Cc1cc(SC2CCOC2=O)c2cc(Br)ccc2n1. The lowest BCUT2D eigenvalue weighted by atomic mass is 10.2. The highest BCUT2D eigenvalue weighted by molar-refractivity contribution is 9.10. The monoisotopic (exact) mass is 348 g/mol. The third-order valence-corrected chi connectivity index (χ3v) is 4.80. The number of thioether (sulfide) groups is 1. The molecule has 100 valence electrons. The number of pyridine rings is 1. The molecule has 0 bridgehead atoms. The van der Waals surface area contributed by atoms with E-state index >= 15 is 0 Å². The predicted octanol–water partition coefficient (Wildman–Crippen LogP) is 3.28. The van der Waals surface area contributed by atoms with Gasteiger partial charge >= 0.3 is 5.97 Å². The molecule has 1 unspecified atom stereocenters. The third-order valence-electron chi connectivity index (χ3n) is 3.00. The topological polar surface area (TPSA) is 63.0 Å². The number of halogens is 1. The Kier molecular flexibility index (Phi) is 3.64. The van der Waals surface area contributed by atoms with Gasteiger partial charge in [-0.15, -0.1) is 11.8 Å². The summed E-state index contributed by atoms with van der Waals surface area (Å²) in [5, 5.41) is 9.80. The van der Waals surface area contributed by atoms with Crippen LogP contribution in [0, 0.1) is 11.3 Å². The Hall–Kier alpha value is -1.58. The van der Waals surface area contributed by atoms with Gasteiger partial charge < -0.3 is 4.74 Å². The number of hydrogen-bond acceptors (Lipinski definition) is 5. The molecule has 0 saturated carbocycles. The van der Waals surface area contributed by atoms with Crippen LogP contribution in [0.3, 0.4) is 0 Å². The molecule has 20 heavy (non-hydrogen) atoms. The van der Waals surface area contributed by atoms with Crippen LogP contribution in [0.4, 0.5) is 0 Å². The Labute approximate surface area is 128 Å². The largest absolute Gasteiger partial charge is 0.465 e. The second kappa shape index (κ2) is 5.43. The molecule has 0 N–H and O–H groups in total. The van der Waals surface area contributed by atoms with Gasteiger partial charge in [0, 0.05) is 21.2 Å². The molecule has 2 aromatic rings. The number of nitriles is 1. The van der Waals surface area contributed by atoms with Crippen LogP contribution in [0.2, 0.25) is 0 Å². The highest BCUT2D eigenvalue weighted by atomic mass is 79.9. The van der Waals surface area contributed by atoms with Crippen molar-refractivity contribution in [1.82, 2.24) is 4.98 Å². The Morgan fingerprint density at radius 3 is 3.00 bits per heavy atom. The van der Waals surface area contributed by atoms with Crippen LogP contribution >= 0.6 is 27.7 Å². The van der Waals surface area contributed by atoms with Crippen molar-refractivity contribution in [3.63, 3.8) is 0 Å². The molecule has 3 rings (SSSR count). The molecular formula is C14H9BrN2O2S. The summed E-state index contributed by atoms with van der Waals surface area (Å²) >= 11 is 4.87. The van der Waals surface area contributed by atoms with Crippen molar-refractivity contribution >= 4 is 44.6 Å². The molecule has 1 atom stereocenters. The molecule has 1 aromatic carbocycles. The van der Waals surface area contributed by atoms with Gasteiger partial charge in [0.25, 0.3) is 0 Å². The van der Waals surface area contributed by atoms with E-state index in [4.69, 9.17) is 10.00 Å². The summed E-state index contributed by atoms with van der Waals surface area (Å²) in [4.78, 5) is 16.8. The quantitative estimate of drug-likeness (QED) is 0.779. The molecule has 1 saturated heterocycles. The van der Waals surface area contributed by atoms with Crippen molar-refractivity contribution in [3.05, 3.63) is 34.4 Å². The fourth-order valence-corrected chi connectivity index (χ4v) is 3.58. The molecule has 6 heteroatoms. The summed E-state index contributed by atoms with van der Waals surface area (Å²) in [6.07, 6.45) is 0.698. The lowest BCUT2D eigenvalue weighted by Crippen LogP contribution is -2.09. The van der Waals surface area contributed by atoms with Crippen molar-refractivity contribution in [2.45, 2.75) is 16.6 Å². The average molecular weight is 349 g/mol. The number of rotatable bonds is 2. The van der Waals surface area contributed by atoms with Crippen molar-refractivity contribution < 1.29 is 9.53 Å². The first kappa shape index (κ1) is 13.4. The van der Waals surface area contributed by atoms with E-state index in [0.29, 0.717) is 18.7 Å². The average Bonchev–Trinajstić information content (AvgIpc) is 2.84. The molecule has 1 aliphatic heterocycles. The van der Waals surface area contributed by atoms with E-state index in [9.17, 15) is 4.79 Å². The van der Waals surface area contributed by atoms with Crippen LogP contribution in [-0.2, 0) is 9.53 Å². The number of fused-ring (bicyclic) bond motifs is 1. The molecule has 0 aliphatic carbocycles. The second-order valence-corrected chi connectivity index (χ2v) is 6.50. The molecule has 2 heterocycles. The first-order chi connectivity index (χ1) is 9.67. The van der Waals surface area contributed by atoms with E-state index in [1.165, 1.54) is 11.8 Å². The van der Waals surface area contributed by atoms with Gasteiger partial charge in [-0.25, -0.2) is 4.98 Å². The minimum Gasteiger partial charge on any atom is -0.465 e. The van der Waals surface area contributed by atoms with Crippen LogP contribution in [0.5, 0.6) is 0 Å². The Balaban J connectivity index is 2.09. The molecule has 1 fully saturated rings. The van der Waals surface area contributed by atoms with E-state index < -0.39 is 0 Å². The number of esters is 1. The number of carbonyl (C=O) groups is 1. The molecule has 1 aliphatic rings. The van der Waals surface area contributed by atoms with Gasteiger partial charge in [0.1, 0.15) is 17.0 Å². The molecular weight excluding hydrogens is 340 g/mol. The van der Waals surface area contributed by atoms with Crippen LogP contribution in [-0.4, -0.2) is 22.8 Å². The molecule has 1 aromatic heterocycles. The van der Waals surface area contributed by atoms with Gasteiger partial charge in [-0.3, -0.25) is 4.79 Å². The van der Waals surface area contributed by atoms with E-state index in [2.05, 4.69) is 27.0 Å². The zero-order valence-electron chi connectivity index (χ0n) is 10.3. The maximum Gasteiger partial charge on any atom is 0.319 e. The smallest absolute Gasteiger partial charge is 0.319 e. The highest BCUT2D eigenvalue weighted by Crippen LogP contribution is 2.35. The van der Waals surface area contributed by atoms with Crippen molar-refractivity contribution in [3.8, 4) is 6.07 Å². The van der Waals surface area contributed by atoms with Gasteiger partial charge in [0.15, 0.2) is 0 Å². The van der Waals surface area contributed by atoms with Gasteiger partial charge in [0.2, 0.25) is 0 Å². The molecule has 4 nitrogen and oxygen atoms in total. The van der Waals surface area contributed by atoms with Crippen molar-refractivity contribution in [2.75, 3.05) is 6.61 Å². The first-order valence-corrected chi connectivity index (χ1v) is 7.68. The summed E-state index contributed by atoms with van der Waals surface area (Å²) in [5.74, 6) is -0.187. The minimum absolute atomic E-state index is 0.187. The Bertz CT molecular complexity index is 742. The summed E-state index contributed by atoms with van der Waals surface area (Å²) < 4.78 is 5.92. The number of cyclic esters (lactones) is 1. The summed E-state index contributed by atoms with van der Waals surface area (Å²) in [5.41, 5.74) is 1.11. The van der Waals surface area contributed by atoms with E-state index in [1.807, 2.05) is 18.2 Å². The van der Waals surface area contributed by atoms with Gasteiger partial charge in [0.05, 0.1) is 12.1 Å². The van der Waals surface area contributed by atoms with Gasteiger partial charge in [-0.05, 0) is 24.3 Å². The maximum absolute atomic E-state index is 11.6. The summed E-state index contributed by atoms with van der Waals surface area (Å²) in [7, 11) is 0. The number of benzene rings is 1. The first-order valence-electron chi connectivity index (χ1n) is 6.01. The van der Waals surface area contributed by atoms with Crippen molar-refractivity contribution in [2.24, 2.45) is 0 Å². The van der Waals surface area contributed by atoms with Gasteiger partial charge in [-0.1, -0.05) is 15.9 Å². The normalized spacial score (nSPS) is 18.0. The van der Waals surface area contributed by atoms with Crippen LogP contribution in [0.25, 0.3) is 10.9 Å². The predicted molar refractivity (Wildman–Crippen MR) is 79.4 cm³/mol. The van der Waals surface area contributed by atoms with Crippen LogP contribution in [0.1, 0.15) is 12.1 Å². The standard InChI is InChI=1S/C14H9BrN2O2S/c15-8-1-2-11-10(5-8)13(6-9(7-16)17-11)20-12-3-4-19-14(12)18/h1-2,5-6,12H,3-4H2. The highest BCUT2D eigenvalue weighted by Gasteiger charge is 2.28. The van der Waals surface area contributed by atoms with Crippen LogP contribution < -0.4 is 0 Å². The second-order valence-electron chi connectivity index (χ2n) is 4.34. The fraction of sp³-hybridized carbons (Fsp3) is 0.214. The molecule has 0 spiro atoms. The number of hydrogen-bond donors (Lipinski definition) is 0. The van der Waals surface area contributed by atoms with E-state index in [0.717, 1.165) is 20.3 Å². The van der Waals surface area contributed by atoms with Gasteiger partial charge in [-0.2, -0.15) is 5.26 Å². The molecule has 0 radical (unpaired) electrons. The summed E-state index contributed by atoms with van der Waals surface area (Å²) in [6, 6.07) is 9.48. The molecule has 0 amide bonds. The van der Waals surface area contributed by atoms with E-state index in [-0.39, 0.29) is 11.2 Å².